The van der Waals surface area contributed by atoms with Gasteiger partial charge in [-0.15, -0.1) is 0 Å². The molecule has 2 rings (SSSR count). The van der Waals surface area contributed by atoms with Gasteiger partial charge in [-0.05, 0) is 45.8 Å². The van der Waals surface area contributed by atoms with Gasteiger partial charge in [-0.25, -0.2) is 0 Å². The lowest BCUT2D eigenvalue weighted by atomic mass is 10.1. The molecule has 0 amide bonds. The number of ether oxygens (including phenoxy) is 1. The summed E-state index contributed by atoms with van der Waals surface area (Å²) in [6.45, 7) is 6.11. The molecule has 0 N–H and O–H groups in total. The molecule has 1 saturated carbocycles. The van der Waals surface area contributed by atoms with E-state index in [1.165, 1.54) is 0 Å². The SMILES string of the molecule is Cc1cccc(Cl)c1COC(=O)[C@H]1[C@@H](C(Br)C(Cl)(Cl)Br)C1(C)C. The normalized spacial score (nSPS) is 24.2. The lowest BCUT2D eigenvalue weighted by molar-refractivity contribution is -0.147. The molecular weight excluding hydrogens is 490 g/mol. The maximum Gasteiger partial charge on any atom is 0.310 e. The molecule has 0 heterocycles. The molecule has 2 nitrogen and oxygen atoms in total. The Kier molecular flexibility index (Phi) is 6.06. The van der Waals surface area contributed by atoms with E-state index in [-0.39, 0.29) is 34.7 Å². The van der Waals surface area contributed by atoms with Gasteiger partial charge in [0, 0.05) is 10.6 Å². The minimum atomic E-state index is -1.14. The molecule has 0 aromatic heterocycles. The van der Waals surface area contributed by atoms with Crippen molar-refractivity contribution in [3.8, 4) is 0 Å². The van der Waals surface area contributed by atoms with Gasteiger partial charge in [0.1, 0.15) is 6.61 Å². The van der Waals surface area contributed by atoms with E-state index >= 15 is 0 Å². The zero-order valence-electron chi connectivity index (χ0n) is 12.9. The molecule has 23 heavy (non-hydrogen) atoms. The molecule has 1 aromatic carbocycles. The number of aryl methyl sites for hydroxylation is 1. The molecule has 1 aromatic rings. The molecule has 0 aliphatic heterocycles. The molecule has 1 unspecified atom stereocenters. The monoisotopic (exact) mass is 504 g/mol. The van der Waals surface area contributed by atoms with Crippen LogP contribution in [-0.2, 0) is 16.1 Å². The van der Waals surface area contributed by atoms with Crippen LogP contribution in [0.1, 0.15) is 25.0 Å². The van der Waals surface area contributed by atoms with E-state index in [2.05, 4.69) is 31.9 Å². The van der Waals surface area contributed by atoms with Crippen LogP contribution in [0.4, 0.5) is 0 Å². The van der Waals surface area contributed by atoms with E-state index in [9.17, 15) is 4.79 Å². The van der Waals surface area contributed by atoms with E-state index in [1.54, 1.807) is 6.07 Å². The van der Waals surface area contributed by atoms with Crippen LogP contribution < -0.4 is 0 Å². The maximum absolute atomic E-state index is 12.5. The van der Waals surface area contributed by atoms with Crippen LogP contribution in [0.25, 0.3) is 0 Å². The molecule has 0 saturated heterocycles. The van der Waals surface area contributed by atoms with Crippen LogP contribution in [0.5, 0.6) is 0 Å². The number of hydrogen-bond donors (Lipinski definition) is 0. The fourth-order valence-electron chi connectivity index (χ4n) is 2.96. The van der Waals surface area contributed by atoms with Crippen LogP contribution in [0.3, 0.4) is 0 Å². The molecule has 1 aliphatic carbocycles. The molecule has 1 fully saturated rings. The minimum Gasteiger partial charge on any atom is -0.461 e. The largest absolute Gasteiger partial charge is 0.461 e. The van der Waals surface area contributed by atoms with E-state index in [4.69, 9.17) is 39.5 Å². The first-order chi connectivity index (χ1) is 10.5. The van der Waals surface area contributed by atoms with Gasteiger partial charge in [0.15, 0.2) is 3.24 Å². The van der Waals surface area contributed by atoms with E-state index in [1.807, 2.05) is 32.9 Å². The standard InChI is InChI=1S/C16H17Br2Cl3O2/c1-8-5-4-6-10(19)9(8)7-23-14(22)12-11(15(12,2)3)13(17)16(18,20)21/h4-6,11-13H,7H2,1-3H3/t11-,12+,13?/m0/s1. The van der Waals surface area contributed by atoms with Gasteiger partial charge in [-0.1, -0.05) is 76.7 Å². The van der Waals surface area contributed by atoms with E-state index < -0.39 is 3.24 Å². The molecule has 0 radical (unpaired) electrons. The quantitative estimate of drug-likeness (QED) is 0.348. The highest BCUT2D eigenvalue weighted by Gasteiger charge is 2.67. The number of halogens is 5. The third-order valence-electron chi connectivity index (χ3n) is 4.50. The lowest BCUT2D eigenvalue weighted by Crippen LogP contribution is -2.23. The van der Waals surface area contributed by atoms with Gasteiger partial charge < -0.3 is 4.74 Å². The summed E-state index contributed by atoms with van der Waals surface area (Å²) in [6, 6.07) is 5.60. The lowest BCUT2D eigenvalue weighted by Gasteiger charge is -2.20. The van der Waals surface area contributed by atoms with Crippen molar-refractivity contribution in [3.63, 3.8) is 0 Å². The van der Waals surface area contributed by atoms with Crippen molar-refractivity contribution in [3.05, 3.63) is 34.3 Å². The molecule has 3 atom stereocenters. The summed E-state index contributed by atoms with van der Waals surface area (Å²) in [5, 5.41) is 0.601. The van der Waals surface area contributed by atoms with Crippen molar-refractivity contribution in [2.75, 3.05) is 0 Å². The molecule has 7 heteroatoms. The second-order valence-corrected chi connectivity index (χ2v) is 11.4. The number of carbonyl (C=O) groups excluding carboxylic acids is 1. The first kappa shape index (κ1) is 19.8. The van der Waals surface area contributed by atoms with Gasteiger partial charge in [-0.2, -0.15) is 0 Å². The molecule has 1 aliphatic rings. The molecule has 0 spiro atoms. The van der Waals surface area contributed by atoms with E-state index in [0.717, 1.165) is 11.1 Å². The number of esters is 1. The highest BCUT2D eigenvalue weighted by molar-refractivity contribution is 9.13. The summed E-state index contributed by atoms with van der Waals surface area (Å²) in [7, 11) is 0. The van der Waals surface area contributed by atoms with Crippen LogP contribution in [0.15, 0.2) is 18.2 Å². The van der Waals surface area contributed by atoms with Gasteiger partial charge in [0.25, 0.3) is 0 Å². The summed E-state index contributed by atoms with van der Waals surface area (Å²) in [6.07, 6.45) is 0. The first-order valence-corrected chi connectivity index (χ1v) is 9.93. The average molecular weight is 507 g/mol. The van der Waals surface area contributed by atoms with Crippen molar-refractivity contribution in [1.82, 2.24) is 0 Å². The third-order valence-corrected chi connectivity index (χ3v) is 8.22. The summed E-state index contributed by atoms with van der Waals surface area (Å²) < 4.78 is 4.36. The Morgan fingerprint density at radius 2 is 2.04 bits per heavy atom. The Morgan fingerprint density at radius 1 is 1.43 bits per heavy atom. The number of benzene rings is 1. The zero-order chi connectivity index (χ0) is 17.6. The Hall–Kier alpha value is 0.520. The summed E-state index contributed by atoms with van der Waals surface area (Å²) >= 11 is 25.1. The predicted octanol–water partition coefficient (Wildman–Crippen LogP) is 6.25. The summed E-state index contributed by atoms with van der Waals surface area (Å²) in [4.78, 5) is 12.2. The average Bonchev–Trinajstić information content (AvgIpc) is 2.98. The summed E-state index contributed by atoms with van der Waals surface area (Å²) in [5.74, 6) is -0.533. The Morgan fingerprint density at radius 3 is 2.57 bits per heavy atom. The highest BCUT2D eigenvalue weighted by atomic mass is 79.9. The topological polar surface area (TPSA) is 26.3 Å². The van der Waals surface area contributed by atoms with Crippen molar-refractivity contribution in [1.29, 1.82) is 0 Å². The van der Waals surface area contributed by atoms with Crippen LogP contribution in [0, 0.1) is 24.2 Å². The number of rotatable bonds is 5. The molecule has 0 bridgehead atoms. The van der Waals surface area contributed by atoms with Gasteiger partial charge in [-0.3, -0.25) is 4.79 Å². The molecule has 128 valence electrons. The Balaban J connectivity index is 2.05. The van der Waals surface area contributed by atoms with Crippen molar-refractivity contribution in [2.24, 2.45) is 17.3 Å². The predicted molar refractivity (Wildman–Crippen MR) is 103 cm³/mol. The zero-order valence-corrected chi connectivity index (χ0v) is 18.3. The number of hydrogen-bond acceptors (Lipinski definition) is 2. The Bertz CT molecular complexity index is 594. The smallest absolute Gasteiger partial charge is 0.310 e. The van der Waals surface area contributed by atoms with Crippen LogP contribution >= 0.6 is 66.7 Å². The fourth-order valence-corrected chi connectivity index (χ4v) is 4.78. The van der Waals surface area contributed by atoms with Gasteiger partial charge in [0.2, 0.25) is 0 Å². The second-order valence-electron chi connectivity index (χ2n) is 6.41. The number of carbonyl (C=O) groups is 1. The van der Waals surface area contributed by atoms with Crippen molar-refractivity contribution in [2.45, 2.75) is 35.4 Å². The maximum atomic E-state index is 12.5. The highest BCUT2D eigenvalue weighted by Crippen LogP contribution is 2.65. The van der Waals surface area contributed by atoms with Crippen LogP contribution in [-0.4, -0.2) is 14.0 Å². The Labute approximate surface area is 168 Å². The minimum absolute atomic E-state index is 0.0169. The van der Waals surface area contributed by atoms with Gasteiger partial charge in [0.05, 0.1) is 10.7 Å². The second kappa shape index (κ2) is 7.03. The van der Waals surface area contributed by atoms with Crippen LogP contribution in [0.2, 0.25) is 5.02 Å². The molecular formula is C16H17Br2Cl3O2. The number of alkyl halides is 4. The van der Waals surface area contributed by atoms with Gasteiger partial charge >= 0.3 is 5.97 Å². The van der Waals surface area contributed by atoms with Crippen molar-refractivity contribution < 1.29 is 9.53 Å². The first-order valence-electron chi connectivity index (χ1n) is 7.09. The third kappa shape index (κ3) is 4.20. The van der Waals surface area contributed by atoms with Crippen molar-refractivity contribution >= 4 is 72.6 Å². The summed E-state index contributed by atoms with van der Waals surface area (Å²) in [5.41, 5.74) is 1.59. The fraction of sp³-hybridized carbons (Fsp3) is 0.562. The van der Waals surface area contributed by atoms with E-state index in [0.29, 0.717) is 5.02 Å².